The minimum Gasteiger partial charge on any atom is -0.241 e. The first-order valence-electron chi connectivity index (χ1n) is 7.02. The van der Waals surface area contributed by atoms with Crippen molar-refractivity contribution in [3.05, 3.63) is 36.3 Å². The zero-order valence-electron chi connectivity index (χ0n) is 12.4. The zero-order chi connectivity index (χ0) is 13.8. The van der Waals surface area contributed by atoms with Crippen molar-refractivity contribution in [3.8, 4) is 0 Å². The number of aromatic nitrogens is 2. The summed E-state index contributed by atoms with van der Waals surface area (Å²) in [7, 11) is 0. The van der Waals surface area contributed by atoms with Crippen molar-refractivity contribution in [1.29, 1.82) is 0 Å². The second kappa shape index (κ2) is 10.7. The largest absolute Gasteiger partial charge is 0.241 e. The van der Waals surface area contributed by atoms with E-state index in [1.807, 2.05) is 32.0 Å². The molecule has 0 unspecified atom stereocenters. The molecule has 2 heteroatoms. The van der Waals surface area contributed by atoms with Crippen molar-refractivity contribution in [3.63, 3.8) is 0 Å². The van der Waals surface area contributed by atoms with Crippen LogP contribution in [0.2, 0.25) is 0 Å². The summed E-state index contributed by atoms with van der Waals surface area (Å²) in [5.41, 5.74) is 2.16. The Labute approximate surface area is 111 Å². The Kier molecular flexibility index (Phi) is 9.84. The minimum atomic E-state index is 0.961. The molecular formula is C16H26N2. The predicted octanol–water partition coefficient (Wildman–Crippen LogP) is 5.02. The lowest BCUT2D eigenvalue weighted by atomic mass is 10.1. The van der Waals surface area contributed by atoms with Crippen molar-refractivity contribution in [2.45, 2.75) is 53.9 Å². The number of fused-ring (bicyclic) bond motifs is 1. The number of unbranched alkanes of at least 4 members (excludes halogenated alkanes) is 1. The molecular weight excluding hydrogens is 220 g/mol. The van der Waals surface area contributed by atoms with Gasteiger partial charge in [-0.3, -0.25) is 0 Å². The maximum absolute atomic E-state index is 4.21. The Morgan fingerprint density at radius 1 is 0.889 bits per heavy atom. The van der Waals surface area contributed by atoms with Crippen molar-refractivity contribution < 1.29 is 0 Å². The Bertz CT molecular complexity index is 417. The molecule has 0 amide bonds. The molecule has 2 aromatic rings. The topological polar surface area (TPSA) is 25.8 Å². The molecule has 0 saturated carbocycles. The predicted molar refractivity (Wildman–Crippen MR) is 80.8 cm³/mol. The number of rotatable bonds is 2. The highest BCUT2D eigenvalue weighted by molar-refractivity contribution is 5.80. The van der Waals surface area contributed by atoms with Crippen LogP contribution in [0.5, 0.6) is 0 Å². The smallest absolute Gasteiger partial charge is 0.116 e. The summed E-state index contributed by atoms with van der Waals surface area (Å²) in [6, 6.07) is 8.09. The molecule has 0 N–H and O–H groups in total. The third kappa shape index (κ3) is 5.26. The number of nitrogens with zero attached hydrogens (tertiary/aromatic N) is 2. The van der Waals surface area contributed by atoms with Gasteiger partial charge in [0.1, 0.15) is 6.33 Å². The lowest BCUT2D eigenvalue weighted by Crippen LogP contribution is -1.90. The Morgan fingerprint density at radius 2 is 1.50 bits per heavy atom. The first-order valence-corrected chi connectivity index (χ1v) is 7.02. The van der Waals surface area contributed by atoms with Gasteiger partial charge in [0.2, 0.25) is 0 Å². The van der Waals surface area contributed by atoms with Gasteiger partial charge in [0.25, 0.3) is 0 Å². The van der Waals surface area contributed by atoms with E-state index in [1.165, 1.54) is 18.2 Å². The monoisotopic (exact) mass is 246 g/mol. The molecule has 2 rings (SSSR count). The van der Waals surface area contributed by atoms with E-state index in [2.05, 4.69) is 36.8 Å². The van der Waals surface area contributed by atoms with E-state index in [0.717, 1.165) is 17.6 Å². The lowest BCUT2D eigenvalue weighted by Gasteiger charge is -2.00. The molecule has 0 spiro atoms. The van der Waals surface area contributed by atoms with E-state index in [0.29, 0.717) is 0 Å². The molecule has 1 aromatic carbocycles. The Morgan fingerprint density at radius 3 is 2.06 bits per heavy atom. The van der Waals surface area contributed by atoms with Crippen LogP contribution in [0.4, 0.5) is 0 Å². The van der Waals surface area contributed by atoms with Gasteiger partial charge >= 0.3 is 0 Å². The molecule has 0 fully saturated rings. The first kappa shape index (κ1) is 16.6. The van der Waals surface area contributed by atoms with Crippen LogP contribution < -0.4 is 0 Å². The van der Waals surface area contributed by atoms with E-state index in [-0.39, 0.29) is 0 Å². The highest BCUT2D eigenvalue weighted by Gasteiger charge is 1.98. The average Bonchev–Trinajstić information content (AvgIpc) is 2.49. The SMILES string of the molecule is CC.CCCC.CCc1ncnc2ccccc12. The summed E-state index contributed by atoms with van der Waals surface area (Å²) in [5, 5.41) is 1.17. The number of benzene rings is 1. The number of aryl methyl sites for hydroxylation is 1. The summed E-state index contributed by atoms with van der Waals surface area (Å²) < 4.78 is 0. The number of hydrogen-bond acceptors (Lipinski definition) is 2. The molecule has 100 valence electrons. The molecule has 1 aromatic heterocycles. The minimum absolute atomic E-state index is 0.961. The van der Waals surface area contributed by atoms with Gasteiger partial charge in [-0.1, -0.05) is 65.7 Å². The molecule has 0 saturated heterocycles. The molecule has 0 bridgehead atoms. The summed E-state index contributed by atoms with van der Waals surface area (Å²) in [4.78, 5) is 8.39. The van der Waals surface area contributed by atoms with Gasteiger partial charge in [-0.25, -0.2) is 9.97 Å². The van der Waals surface area contributed by atoms with E-state index < -0.39 is 0 Å². The fraction of sp³-hybridized carbons (Fsp3) is 0.500. The summed E-state index contributed by atoms with van der Waals surface area (Å²) in [6.45, 7) is 10.5. The van der Waals surface area contributed by atoms with Crippen LogP contribution in [0.15, 0.2) is 30.6 Å². The number of hydrogen-bond donors (Lipinski definition) is 0. The van der Waals surface area contributed by atoms with E-state index in [9.17, 15) is 0 Å². The average molecular weight is 246 g/mol. The molecule has 18 heavy (non-hydrogen) atoms. The van der Waals surface area contributed by atoms with Gasteiger partial charge in [-0.05, 0) is 12.5 Å². The van der Waals surface area contributed by atoms with Gasteiger partial charge in [0.15, 0.2) is 0 Å². The standard InChI is InChI=1S/C10H10N2.C4H10.C2H6/c1-2-9-8-5-3-4-6-10(8)12-7-11-9;1-3-4-2;1-2/h3-7H,2H2,1H3;3-4H2,1-2H3;1-2H3. The molecule has 0 aliphatic heterocycles. The van der Waals surface area contributed by atoms with Crippen LogP contribution in [0.25, 0.3) is 10.9 Å². The second-order valence-electron chi connectivity index (χ2n) is 3.69. The molecule has 0 aliphatic rings. The van der Waals surface area contributed by atoms with Crippen molar-refractivity contribution >= 4 is 10.9 Å². The van der Waals surface area contributed by atoms with Crippen LogP contribution in [0.1, 0.15) is 53.2 Å². The maximum atomic E-state index is 4.21. The van der Waals surface area contributed by atoms with Gasteiger partial charge in [-0.15, -0.1) is 0 Å². The van der Waals surface area contributed by atoms with E-state index in [4.69, 9.17) is 0 Å². The van der Waals surface area contributed by atoms with Crippen LogP contribution in [0.3, 0.4) is 0 Å². The highest BCUT2D eigenvalue weighted by atomic mass is 14.8. The van der Waals surface area contributed by atoms with Gasteiger partial charge in [0.05, 0.1) is 11.2 Å². The molecule has 1 heterocycles. The van der Waals surface area contributed by atoms with Gasteiger partial charge < -0.3 is 0 Å². The fourth-order valence-electron chi connectivity index (χ4n) is 1.34. The molecule has 2 nitrogen and oxygen atoms in total. The first-order chi connectivity index (χ1) is 8.83. The van der Waals surface area contributed by atoms with Crippen LogP contribution in [-0.2, 0) is 6.42 Å². The van der Waals surface area contributed by atoms with E-state index >= 15 is 0 Å². The van der Waals surface area contributed by atoms with Crippen LogP contribution >= 0.6 is 0 Å². The van der Waals surface area contributed by atoms with Crippen molar-refractivity contribution in [2.24, 2.45) is 0 Å². The van der Waals surface area contributed by atoms with Crippen LogP contribution in [-0.4, -0.2) is 9.97 Å². The zero-order valence-corrected chi connectivity index (χ0v) is 12.4. The summed E-state index contributed by atoms with van der Waals surface area (Å²) >= 11 is 0. The Balaban J connectivity index is 0.000000415. The quantitative estimate of drug-likeness (QED) is 0.743. The normalized spacial score (nSPS) is 8.94. The van der Waals surface area contributed by atoms with Crippen LogP contribution in [0, 0.1) is 0 Å². The molecule has 0 radical (unpaired) electrons. The lowest BCUT2D eigenvalue weighted by molar-refractivity contribution is 0.886. The second-order valence-corrected chi connectivity index (χ2v) is 3.69. The highest BCUT2D eigenvalue weighted by Crippen LogP contribution is 2.13. The summed E-state index contributed by atoms with van der Waals surface area (Å²) in [5.74, 6) is 0. The molecule has 0 aliphatic carbocycles. The van der Waals surface area contributed by atoms with Crippen molar-refractivity contribution in [2.75, 3.05) is 0 Å². The maximum Gasteiger partial charge on any atom is 0.116 e. The van der Waals surface area contributed by atoms with Gasteiger partial charge in [0, 0.05) is 5.39 Å². The molecule has 0 atom stereocenters. The fourth-order valence-corrected chi connectivity index (χ4v) is 1.34. The number of para-hydroxylation sites is 1. The third-order valence-electron chi connectivity index (χ3n) is 2.46. The van der Waals surface area contributed by atoms with Crippen molar-refractivity contribution in [1.82, 2.24) is 9.97 Å². The summed E-state index contributed by atoms with van der Waals surface area (Å²) in [6.07, 6.45) is 5.23. The third-order valence-corrected chi connectivity index (χ3v) is 2.46. The Hall–Kier alpha value is -1.44. The van der Waals surface area contributed by atoms with Gasteiger partial charge in [-0.2, -0.15) is 0 Å². The van der Waals surface area contributed by atoms with E-state index in [1.54, 1.807) is 6.33 Å².